The van der Waals surface area contributed by atoms with Crippen LogP contribution in [0.15, 0.2) is 30.3 Å². The van der Waals surface area contributed by atoms with Crippen LogP contribution >= 0.6 is 11.6 Å². The zero-order valence-corrected chi connectivity index (χ0v) is 18.5. The number of ether oxygens (including phenoxy) is 2. The molecule has 1 aromatic heterocycles. The second-order valence-corrected chi connectivity index (χ2v) is 8.50. The molecule has 2 aliphatic rings. The molecule has 2 fully saturated rings. The summed E-state index contributed by atoms with van der Waals surface area (Å²) in [7, 11) is 3.30. The molecule has 0 radical (unpaired) electrons. The molecule has 1 saturated carbocycles. The Balaban J connectivity index is 1.48. The first-order valence-corrected chi connectivity index (χ1v) is 10.9. The van der Waals surface area contributed by atoms with E-state index in [0.29, 0.717) is 28.1 Å². The van der Waals surface area contributed by atoms with Crippen molar-refractivity contribution >= 4 is 39.7 Å². The Morgan fingerprint density at radius 1 is 0.935 bits per heavy atom. The lowest BCUT2D eigenvalue weighted by atomic mass is 10.1. The fourth-order valence-corrected chi connectivity index (χ4v) is 4.47. The monoisotopic (exact) mass is 439 g/mol. The van der Waals surface area contributed by atoms with Gasteiger partial charge < -0.3 is 25.0 Å². The van der Waals surface area contributed by atoms with E-state index in [0.717, 1.165) is 67.3 Å². The van der Waals surface area contributed by atoms with Crippen molar-refractivity contribution in [2.24, 2.45) is 0 Å². The Bertz CT molecular complexity index is 1130. The van der Waals surface area contributed by atoms with Crippen molar-refractivity contribution in [2.45, 2.75) is 18.8 Å². The van der Waals surface area contributed by atoms with E-state index in [4.69, 9.17) is 36.8 Å². The van der Waals surface area contributed by atoms with Crippen LogP contribution < -0.4 is 25.0 Å². The highest BCUT2D eigenvalue weighted by atomic mass is 35.5. The standard InChI is InChI=1S/C23H26ClN5O2/c1-30-20-12-16-18(13-21(20)31-2)26-22(14-3-4-14)27-23(16)29-9-7-28(8-10-29)19-6-5-15(25)11-17(19)24/h5-6,11-14H,3-4,7-10,25H2,1-2H3. The number of methoxy groups -OCH3 is 2. The minimum Gasteiger partial charge on any atom is -0.493 e. The van der Waals surface area contributed by atoms with E-state index < -0.39 is 0 Å². The van der Waals surface area contributed by atoms with E-state index in [1.54, 1.807) is 14.2 Å². The highest BCUT2D eigenvalue weighted by Crippen LogP contribution is 2.42. The van der Waals surface area contributed by atoms with Crippen LogP contribution in [0, 0.1) is 0 Å². The maximum atomic E-state index is 6.44. The third kappa shape index (κ3) is 3.78. The minimum atomic E-state index is 0.464. The molecule has 1 aliphatic carbocycles. The topological polar surface area (TPSA) is 76.7 Å². The number of rotatable bonds is 5. The van der Waals surface area contributed by atoms with Gasteiger partial charge in [0, 0.05) is 49.2 Å². The number of hydrogen-bond donors (Lipinski definition) is 1. The maximum absolute atomic E-state index is 6.44. The average molecular weight is 440 g/mol. The van der Waals surface area contributed by atoms with Crippen molar-refractivity contribution in [3.8, 4) is 11.5 Å². The van der Waals surface area contributed by atoms with E-state index in [1.807, 2.05) is 30.3 Å². The van der Waals surface area contributed by atoms with Gasteiger partial charge >= 0.3 is 0 Å². The third-order valence-corrected chi connectivity index (χ3v) is 6.34. The minimum absolute atomic E-state index is 0.464. The zero-order chi connectivity index (χ0) is 21.5. The van der Waals surface area contributed by atoms with E-state index >= 15 is 0 Å². The SMILES string of the molecule is COc1cc2nc(C3CC3)nc(N3CCN(c4ccc(N)cc4Cl)CC3)c2cc1OC. The van der Waals surface area contributed by atoms with Gasteiger partial charge in [-0.15, -0.1) is 0 Å². The summed E-state index contributed by atoms with van der Waals surface area (Å²) >= 11 is 6.44. The molecule has 31 heavy (non-hydrogen) atoms. The first-order valence-electron chi connectivity index (χ1n) is 10.6. The van der Waals surface area contributed by atoms with Crippen molar-refractivity contribution in [3.63, 3.8) is 0 Å². The van der Waals surface area contributed by atoms with Crippen LogP contribution in [-0.2, 0) is 0 Å². The molecule has 8 heteroatoms. The number of aromatic nitrogens is 2. The molecule has 7 nitrogen and oxygen atoms in total. The van der Waals surface area contributed by atoms with Crippen molar-refractivity contribution in [1.29, 1.82) is 0 Å². The van der Waals surface area contributed by atoms with Crippen LogP contribution in [-0.4, -0.2) is 50.4 Å². The van der Waals surface area contributed by atoms with Gasteiger partial charge in [0.2, 0.25) is 0 Å². The van der Waals surface area contributed by atoms with Crippen molar-refractivity contribution < 1.29 is 9.47 Å². The molecule has 0 unspecified atom stereocenters. The molecular formula is C23H26ClN5O2. The van der Waals surface area contributed by atoms with Gasteiger partial charge in [0.05, 0.1) is 30.4 Å². The number of fused-ring (bicyclic) bond motifs is 1. The van der Waals surface area contributed by atoms with Gasteiger partial charge in [-0.05, 0) is 37.1 Å². The van der Waals surface area contributed by atoms with Gasteiger partial charge in [0.1, 0.15) is 11.6 Å². The Kier molecular flexibility index (Phi) is 5.14. The largest absolute Gasteiger partial charge is 0.493 e. The van der Waals surface area contributed by atoms with Gasteiger partial charge in [0.15, 0.2) is 11.5 Å². The third-order valence-electron chi connectivity index (χ3n) is 6.03. The number of hydrogen-bond acceptors (Lipinski definition) is 7. The van der Waals surface area contributed by atoms with Gasteiger partial charge in [0.25, 0.3) is 0 Å². The van der Waals surface area contributed by atoms with E-state index in [-0.39, 0.29) is 0 Å². The first-order chi connectivity index (χ1) is 15.1. The van der Waals surface area contributed by atoms with Crippen LogP contribution in [0.25, 0.3) is 10.9 Å². The molecule has 0 amide bonds. The molecular weight excluding hydrogens is 414 g/mol. The maximum Gasteiger partial charge on any atom is 0.162 e. The predicted octanol–water partition coefficient (Wildman–Crippen LogP) is 4.09. The molecule has 1 aliphatic heterocycles. The Labute approximate surface area is 186 Å². The van der Waals surface area contributed by atoms with E-state index in [2.05, 4.69) is 9.80 Å². The first kappa shape index (κ1) is 20.0. The second kappa shape index (κ2) is 7.96. The summed E-state index contributed by atoms with van der Waals surface area (Å²) in [6.07, 6.45) is 2.31. The lowest BCUT2D eigenvalue weighted by Gasteiger charge is -2.37. The number of nitrogen functional groups attached to an aromatic ring is 1. The quantitative estimate of drug-likeness (QED) is 0.600. The van der Waals surface area contributed by atoms with Crippen LogP contribution in [0.1, 0.15) is 24.6 Å². The summed E-state index contributed by atoms with van der Waals surface area (Å²) in [6, 6.07) is 9.64. The zero-order valence-electron chi connectivity index (χ0n) is 17.8. The molecule has 2 N–H and O–H groups in total. The molecule has 0 atom stereocenters. The summed E-state index contributed by atoms with van der Waals surface area (Å²) in [4.78, 5) is 14.5. The highest BCUT2D eigenvalue weighted by molar-refractivity contribution is 6.33. The predicted molar refractivity (Wildman–Crippen MR) is 125 cm³/mol. The summed E-state index contributed by atoms with van der Waals surface area (Å²) in [5, 5.41) is 1.68. The molecule has 3 aromatic rings. The number of halogens is 1. The number of benzene rings is 2. The van der Waals surface area contributed by atoms with Crippen LogP contribution in [0.2, 0.25) is 5.02 Å². The van der Waals surface area contributed by atoms with Crippen LogP contribution in [0.5, 0.6) is 11.5 Å². The lowest BCUT2D eigenvalue weighted by molar-refractivity contribution is 0.355. The second-order valence-electron chi connectivity index (χ2n) is 8.09. The smallest absolute Gasteiger partial charge is 0.162 e. The van der Waals surface area contributed by atoms with Gasteiger partial charge in [-0.1, -0.05) is 11.6 Å². The lowest BCUT2D eigenvalue weighted by Crippen LogP contribution is -2.47. The summed E-state index contributed by atoms with van der Waals surface area (Å²) in [5.41, 5.74) is 8.45. The van der Waals surface area contributed by atoms with Crippen LogP contribution in [0.4, 0.5) is 17.2 Å². The number of piperazine rings is 1. The fraction of sp³-hybridized carbons (Fsp3) is 0.391. The fourth-order valence-electron chi connectivity index (χ4n) is 4.16. The van der Waals surface area contributed by atoms with Gasteiger partial charge in [-0.3, -0.25) is 0 Å². The molecule has 0 spiro atoms. The van der Waals surface area contributed by atoms with Crippen molar-refractivity contribution in [1.82, 2.24) is 9.97 Å². The highest BCUT2D eigenvalue weighted by Gasteiger charge is 2.30. The molecule has 0 bridgehead atoms. The number of nitrogens with two attached hydrogens (primary N) is 1. The normalized spacial score (nSPS) is 16.6. The Morgan fingerprint density at radius 2 is 1.61 bits per heavy atom. The Hall–Kier alpha value is -2.93. The molecule has 2 aromatic carbocycles. The summed E-state index contributed by atoms with van der Waals surface area (Å²) < 4.78 is 11.0. The van der Waals surface area contributed by atoms with E-state index in [1.165, 1.54) is 0 Å². The average Bonchev–Trinajstić information content (AvgIpc) is 3.63. The Morgan fingerprint density at radius 3 is 2.26 bits per heavy atom. The summed E-state index contributed by atoms with van der Waals surface area (Å²) in [5.74, 6) is 3.73. The number of nitrogens with zero attached hydrogens (tertiary/aromatic N) is 4. The van der Waals surface area contributed by atoms with Crippen LogP contribution in [0.3, 0.4) is 0 Å². The number of anilines is 3. The van der Waals surface area contributed by atoms with Gasteiger partial charge in [-0.2, -0.15) is 0 Å². The molecule has 1 saturated heterocycles. The van der Waals surface area contributed by atoms with Gasteiger partial charge in [-0.25, -0.2) is 9.97 Å². The molecule has 2 heterocycles. The summed E-state index contributed by atoms with van der Waals surface area (Å²) in [6.45, 7) is 3.37. The molecule has 162 valence electrons. The molecule has 5 rings (SSSR count). The van der Waals surface area contributed by atoms with Crippen molar-refractivity contribution in [2.75, 3.05) is 55.9 Å². The van der Waals surface area contributed by atoms with Crippen molar-refractivity contribution in [3.05, 3.63) is 41.2 Å². The van der Waals surface area contributed by atoms with E-state index in [9.17, 15) is 0 Å².